The highest BCUT2D eigenvalue weighted by atomic mass is 35.5. The normalized spacial score (nSPS) is 17.7. The molecule has 2 N–H and O–H groups in total. The van der Waals surface area contributed by atoms with E-state index in [1.54, 1.807) is 0 Å². The smallest absolute Gasteiger partial charge is 0.156 e. The number of nitrogens with zero attached hydrogens (tertiary/aromatic N) is 1. The number of benzene rings is 1. The molecule has 2 rings (SSSR count). The van der Waals surface area contributed by atoms with Crippen LogP contribution < -0.4 is 10.1 Å². The van der Waals surface area contributed by atoms with E-state index >= 15 is 0 Å². The van der Waals surface area contributed by atoms with E-state index < -0.39 is 0 Å². The van der Waals surface area contributed by atoms with Crippen molar-refractivity contribution in [2.45, 2.75) is 19.4 Å². The Morgan fingerprint density at radius 2 is 1.90 bits per heavy atom. The lowest BCUT2D eigenvalue weighted by Gasteiger charge is -2.34. The second kappa shape index (κ2) is 8.20. The summed E-state index contributed by atoms with van der Waals surface area (Å²) in [5.41, 5.74) is 0.929. The molecule has 6 heteroatoms. The molecule has 0 bridgehead atoms. The summed E-state index contributed by atoms with van der Waals surface area (Å²) in [5, 5.41) is 14.0. The van der Waals surface area contributed by atoms with Crippen molar-refractivity contribution in [2.75, 3.05) is 39.4 Å². The summed E-state index contributed by atoms with van der Waals surface area (Å²) in [6, 6.07) is 3.62. The van der Waals surface area contributed by atoms with E-state index in [1.165, 1.54) is 0 Å². The average molecular weight is 333 g/mol. The van der Waals surface area contributed by atoms with Crippen molar-refractivity contribution in [2.24, 2.45) is 0 Å². The number of rotatable bonds is 6. The van der Waals surface area contributed by atoms with Gasteiger partial charge in [-0.15, -0.1) is 0 Å². The number of nitrogens with one attached hydrogen (secondary N) is 1. The molecule has 1 unspecified atom stereocenters. The lowest BCUT2D eigenvalue weighted by Crippen LogP contribution is -2.46. The van der Waals surface area contributed by atoms with Crippen molar-refractivity contribution < 1.29 is 9.84 Å². The maximum Gasteiger partial charge on any atom is 0.156 e. The molecule has 1 saturated heterocycles. The van der Waals surface area contributed by atoms with E-state index in [0.717, 1.165) is 38.2 Å². The van der Waals surface area contributed by atoms with Crippen LogP contribution in [0.15, 0.2) is 12.1 Å². The Balaban J connectivity index is 2.21. The van der Waals surface area contributed by atoms with Crippen molar-refractivity contribution in [1.29, 1.82) is 0 Å². The number of hydrogen-bond acceptors (Lipinski definition) is 4. The first-order chi connectivity index (χ1) is 10.2. The molecule has 0 radical (unpaired) electrons. The van der Waals surface area contributed by atoms with Gasteiger partial charge in [-0.1, -0.05) is 30.1 Å². The largest absolute Gasteiger partial charge is 0.490 e. The van der Waals surface area contributed by atoms with Crippen LogP contribution in [0.5, 0.6) is 5.75 Å². The predicted octanol–water partition coefficient (Wildman–Crippen LogP) is 2.72. The molecule has 118 valence electrons. The molecular weight excluding hydrogens is 311 g/mol. The Bertz CT molecular complexity index is 442. The molecule has 0 spiro atoms. The predicted molar refractivity (Wildman–Crippen MR) is 86.5 cm³/mol. The van der Waals surface area contributed by atoms with Crippen LogP contribution in [0.3, 0.4) is 0 Å². The van der Waals surface area contributed by atoms with Gasteiger partial charge in [-0.2, -0.15) is 0 Å². The summed E-state index contributed by atoms with van der Waals surface area (Å²) in [5.74, 6) is 0.529. The zero-order chi connectivity index (χ0) is 15.2. The zero-order valence-electron chi connectivity index (χ0n) is 12.2. The van der Waals surface area contributed by atoms with Crippen LogP contribution in [0.25, 0.3) is 0 Å². The Morgan fingerprint density at radius 1 is 1.29 bits per heavy atom. The number of aliphatic hydroxyl groups excluding tert-OH is 1. The molecule has 1 aromatic carbocycles. The van der Waals surface area contributed by atoms with Crippen molar-refractivity contribution in [3.05, 3.63) is 27.7 Å². The van der Waals surface area contributed by atoms with Crippen LogP contribution in [-0.2, 0) is 0 Å². The van der Waals surface area contributed by atoms with Gasteiger partial charge >= 0.3 is 0 Å². The summed E-state index contributed by atoms with van der Waals surface area (Å²) in [6.45, 7) is 6.30. The maximum atomic E-state index is 9.74. The van der Waals surface area contributed by atoms with E-state index in [0.29, 0.717) is 22.4 Å². The molecule has 1 aliphatic rings. The summed E-state index contributed by atoms with van der Waals surface area (Å²) < 4.78 is 5.58. The van der Waals surface area contributed by atoms with Crippen LogP contribution in [-0.4, -0.2) is 49.4 Å². The molecule has 1 aromatic rings. The van der Waals surface area contributed by atoms with Crippen LogP contribution in [0.1, 0.15) is 24.9 Å². The highest BCUT2D eigenvalue weighted by Gasteiger charge is 2.23. The SMILES string of the molecule is CCCOc1c(Cl)cc(C(CO)N2CCNCC2)cc1Cl. The molecular formula is C15H22Cl2N2O2. The molecule has 0 saturated carbocycles. The number of aliphatic hydroxyl groups is 1. The van der Waals surface area contributed by atoms with Gasteiger partial charge in [-0.25, -0.2) is 0 Å². The van der Waals surface area contributed by atoms with Crippen LogP contribution >= 0.6 is 23.2 Å². The van der Waals surface area contributed by atoms with Crippen LogP contribution in [0, 0.1) is 0 Å². The molecule has 1 aliphatic heterocycles. The monoisotopic (exact) mass is 332 g/mol. The fourth-order valence-electron chi connectivity index (χ4n) is 2.54. The van der Waals surface area contributed by atoms with E-state index in [4.69, 9.17) is 27.9 Å². The molecule has 1 heterocycles. The van der Waals surface area contributed by atoms with E-state index in [9.17, 15) is 5.11 Å². The van der Waals surface area contributed by atoms with Gasteiger partial charge in [0.2, 0.25) is 0 Å². The molecule has 0 aliphatic carbocycles. The molecule has 21 heavy (non-hydrogen) atoms. The van der Waals surface area contributed by atoms with Gasteiger partial charge in [-0.05, 0) is 24.1 Å². The first kappa shape index (κ1) is 16.8. The van der Waals surface area contributed by atoms with Crippen LogP contribution in [0.2, 0.25) is 10.0 Å². The molecule has 0 aromatic heterocycles. The molecule has 0 amide bonds. The standard InChI is InChI=1S/C15H22Cl2N2O2/c1-2-7-21-15-12(16)8-11(9-13(15)17)14(10-20)19-5-3-18-4-6-19/h8-9,14,18,20H,2-7,10H2,1H3. The summed E-state index contributed by atoms with van der Waals surface area (Å²) in [4.78, 5) is 2.24. The third-order valence-corrected chi connectivity index (χ3v) is 4.18. The van der Waals surface area contributed by atoms with Gasteiger partial charge in [0, 0.05) is 26.2 Å². The number of halogens is 2. The Kier molecular flexibility index (Phi) is 6.58. The third kappa shape index (κ3) is 4.24. The molecule has 4 nitrogen and oxygen atoms in total. The van der Waals surface area contributed by atoms with Gasteiger partial charge in [0.05, 0.1) is 29.3 Å². The van der Waals surface area contributed by atoms with Crippen molar-refractivity contribution in [1.82, 2.24) is 10.2 Å². The first-order valence-corrected chi connectivity index (χ1v) is 8.10. The minimum Gasteiger partial charge on any atom is -0.490 e. The number of piperazine rings is 1. The van der Waals surface area contributed by atoms with Crippen molar-refractivity contribution in [3.63, 3.8) is 0 Å². The second-order valence-electron chi connectivity index (χ2n) is 5.15. The molecule has 1 fully saturated rings. The van der Waals surface area contributed by atoms with Crippen LogP contribution in [0.4, 0.5) is 0 Å². The molecule has 1 atom stereocenters. The topological polar surface area (TPSA) is 44.7 Å². The van der Waals surface area contributed by atoms with Gasteiger partial charge in [0.1, 0.15) is 0 Å². The Labute approximate surface area is 136 Å². The fraction of sp³-hybridized carbons (Fsp3) is 0.600. The van der Waals surface area contributed by atoms with E-state index in [-0.39, 0.29) is 12.6 Å². The van der Waals surface area contributed by atoms with Crippen molar-refractivity contribution >= 4 is 23.2 Å². The van der Waals surface area contributed by atoms with Gasteiger partial charge in [-0.3, -0.25) is 4.90 Å². The number of ether oxygens (including phenoxy) is 1. The average Bonchev–Trinajstić information content (AvgIpc) is 2.48. The highest BCUT2D eigenvalue weighted by Crippen LogP contribution is 2.37. The summed E-state index contributed by atoms with van der Waals surface area (Å²) in [7, 11) is 0. The maximum absolute atomic E-state index is 9.74. The zero-order valence-corrected chi connectivity index (χ0v) is 13.8. The fourth-order valence-corrected chi connectivity index (χ4v) is 3.15. The minimum absolute atomic E-state index is 0.0435. The third-order valence-electron chi connectivity index (χ3n) is 3.62. The van der Waals surface area contributed by atoms with Gasteiger partial charge in [0.25, 0.3) is 0 Å². The van der Waals surface area contributed by atoms with Crippen molar-refractivity contribution in [3.8, 4) is 5.75 Å². The van der Waals surface area contributed by atoms with E-state index in [1.807, 2.05) is 19.1 Å². The highest BCUT2D eigenvalue weighted by molar-refractivity contribution is 6.37. The lowest BCUT2D eigenvalue weighted by atomic mass is 10.0. The van der Waals surface area contributed by atoms with Gasteiger partial charge in [0.15, 0.2) is 5.75 Å². The first-order valence-electron chi connectivity index (χ1n) is 7.34. The van der Waals surface area contributed by atoms with Gasteiger partial charge < -0.3 is 15.2 Å². The lowest BCUT2D eigenvalue weighted by molar-refractivity contribution is 0.111. The minimum atomic E-state index is -0.0812. The summed E-state index contributed by atoms with van der Waals surface area (Å²) >= 11 is 12.6. The quantitative estimate of drug-likeness (QED) is 0.840. The summed E-state index contributed by atoms with van der Waals surface area (Å²) in [6.07, 6.45) is 0.897. The Morgan fingerprint density at radius 3 is 2.43 bits per heavy atom. The number of hydrogen-bond donors (Lipinski definition) is 2. The van der Waals surface area contributed by atoms with E-state index in [2.05, 4.69) is 10.2 Å². The Hall–Kier alpha value is -0.520. The second-order valence-corrected chi connectivity index (χ2v) is 5.96.